The van der Waals surface area contributed by atoms with Crippen LogP contribution in [0, 0.1) is 23.7 Å². The van der Waals surface area contributed by atoms with Crippen LogP contribution >= 0.6 is 0 Å². The lowest BCUT2D eigenvalue weighted by atomic mass is 10.1. The van der Waals surface area contributed by atoms with Gasteiger partial charge in [0.2, 0.25) is 0 Å². The highest BCUT2D eigenvalue weighted by atomic mass is 16.5. The van der Waals surface area contributed by atoms with Crippen molar-refractivity contribution in [1.29, 1.82) is 0 Å². The standard InChI is InChI=1S/C12H18O4/c1-9(2)5-6-12(7-15-10(3)13)8-16-11(4)14/h9,12H,7-8H2,1-4H3. The SMILES string of the molecule is CC(=O)OCC(C#CC(C)C)COC(C)=O. The molecule has 0 heterocycles. The minimum atomic E-state index is -0.362. The highest BCUT2D eigenvalue weighted by Gasteiger charge is 2.09. The Bertz CT molecular complexity index is 278. The molecule has 0 rings (SSSR count). The van der Waals surface area contributed by atoms with Crippen molar-refractivity contribution in [2.45, 2.75) is 27.7 Å². The topological polar surface area (TPSA) is 52.6 Å². The van der Waals surface area contributed by atoms with E-state index in [0.717, 1.165) is 0 Å². The minimum absolute atomic E-state index is 0.155. The van der Waals surface area contributed by atoms with Gasteiger partial charge in [-0.1, -0.05) is 25.7 Å². The van der Waals surface area contributed by atoms with Crippen LogP contribution in [0.2, 0.25) is 0 Å². The van der Waals surface area contributed by atoms with Gasteiger partial charge in [-0.15, -0.1) is 0 Å². The summed E-state index contributed by atoms with van der Waals surface area (Å²) in [6.07, 6.45) is 0. The zero-order valence-corrected chi connectivity index (χ0v) is 10.2. The molecular formula is C12H18O4. The first-order valence-corrected chi connectivity index (χ1v) is 5.19. The number of hydrogen-bond acceptors (Lipinski definition) is 4. The molecular weight excluding hydrogens is 208 g/mol. The molecule has 0 aliphatic rings. The summed E-state index contributed by atoms with van der Waals surface area (Å²) in [5, 5.41) is 0. The second-order valence-electron chi connectivity index (χ2n) is 3.75. The van der Waals surface area contributed by atoms with E-state index in [1.165, 1.54) is 13.8 Å². The summed E-state index contributed by atoms with van der Waals surface area (Å²) in [5.41, 5.74) is 0. The largest absolute Gasteiger partial charge is 0.464 e. The Morgan fingerprint density at radius 2 is 1.44 bits per heavy atom. The molecule has 90 valence electrons. The first-order valence-electron chi connectivity index (χ1n) is 5.19. The molecule has 0 unspecified atom stereocenters. The quantitative estimate of drug-likeness (QED) is 0.537. The van der Waals surface area contributed by atoms with Gasteiger partial charge in [0, 0.05) is 19.8 Å². The molecule has 0 saturated heterocycles. The first-order chi connectivity index (χ1) is 7.41. The summed E-state index contributed by atoms with van der Waals surface area (Å²) < 4.78 is 9.67. The van der Waals surface area contributed by atoms with E-state index in [9.17, 15) is 9.59 Å². The fourth-order valence-electron chi connectivity index (χ4n) is 0.852. The second kappa shape index (κ2) is 7.75. The van der Waals surface area contributed by atoms with Crippen molar-refractivity contribution in [2.75, 3.05) is 13.2 Å². The molecule has 16 heavy (non-hydrogen) atoms. The number of carbonyl (C=O) groups excluding carboxylic acids is 2. The van der Waals surface area contributed by atoms with Crippen LogP contribution < -0.4 is 0 Å². The molecule has 0 amide bonds. The molecule has 0 bridgehead atoms. The lowest BCUT2D eigenvalue weighted by Crippen LogP contribution is -2.18. The third-order valence-corrected chi connectivity index (χ3v) is 1.55. The van der Waals surface area contributed by atoms with Crippen molar-refractivity contribution in [2.24, 2.45) is 11.8 Å². The van der Waals surface area contributed by atoms with Gasteiger partial charge in [0.05, 0.1) is 5.92 Å². The molecule has 0 spiro atoms. The van der Waals surface area contributed by atoms with Gasteiger partial charge in [0.1, 0.15) is 13.2 Å². The average Bonchev–Trinajstić information content (AvgIpc) is 2.15. The van der Waals surface area contributed by atoms with Crippen molar-refractivity contribution in [1.82, 2.24) is 0 Å². The van der Waals surface area contributed by atoms with Crippen LogP contribution in [0.1, 0.15) is 27.7 Å². The van der Waals surface area contributed by atoms with Crippen LogP contribution in [-0.4, -0.2) is 25.2 Å². The fourth-order valence-corrected chi connectivity index (χ4v) is 0.852. The summed E-state index contributed by atoms with van der Waals surface area (Å²) in [4.78, 5) is 21.3. The van der Waals surface area contributed by atoms with Gasteiger partial charge in [-0.25, -0.2) is 0 Å². The van der Waals surface area contributed by atoms with Gasteiger partial charge in [0.15, 0.2) is 0 Å². The summed E-state index contributed by atoms with van der Waals surface area (Å²) in [6, 6.07) is 0. The summed E-state index contributed by atoms with van der Waals surface area (Å²) in [6.45, 7) is 6.89. The molecule has 0 radical (unpaired) electrons. The van der Waals surface area contributed by atoms with Crippen molar-refractivity contribution < 1.29 is 19.1 Å². The smallest absolute Gasteiger partial charge is 0.302 e. The highest BCUT2D eigenvalue weighted by molar-refractivity contribution is 5.66. The lowest BCUT2D eigenvalue weighted by molar-refractivity contribution is -0.144. The average molecular weight is 226 g/mol. The molecule has 0 aliphatic heterocycles. The fraction of sp³-hybridized carbons (Fsp3) is 0.667. The molecule has 4 nitrogen and oxygen atoms in total. The zero-order chi connectivity index (χ0) is 12.6. The minimum Gasteiger partial charge on any atom is -0.464 e. The number of carbonyl (C=O) groups is 2. The van der Waals surface area contributed by atoms with Crippen LogP contribution in [0.5, 0.6) is 0 Å². The second-order valence-corrected chi connectivity index (χ2v) is 3.75. The summed E-state index contributed by atoms with van der Waals surface area (Å²) in [5.74, 6) is 5.14. The number of rotatable bonds is 4. The van der Waals surface area contributed by atoms with Gasteiger partial charge in [0.25, 0.3) is 0 Å². The Hall–Kier alpha value is -1.50. The van der Waals surface area contributed by atoms with Gasteiger partial charge in [-0.3, -0.25) is 9.59 Å². The van der Waals surface area contributed by atoms with E-state index in [4.69, 9.17) is 9.47 Å². The monoisotopic (exact) mass is 226 g/mol. The van der Waals surface area contributed by atoms with Crippen LogP contribution in [0.15, 0.2) is 0 Å². The van der Waals surface area contributed by atoms with Crippen molar-refractivity contribution in [3.63, 3.8) is 0 Å². The van der Waals surface area contributed by atoms with E-state index in [-0.39, 0.29) is 37.0 Å². The predicted molar refractivity (Wildman–Crippen MR) is 59.4 cm³/mol. The van der Waals surface area contributed by atoms with E-state index >= 15 is 0 Å². The predicted octanol–water partition coefficient (Wildman–Crippen LogP) is 1.39. The molecule has 0 aliphatic carbocycles. The third-order valence-electron chi connectivity index (χ3n) is 1.55. The molecule has 0 atom stereocenters. The van der Waals surface area contributed by atoms with Crippen LogP contribution in [0.25, 0.3) is 0 Å². The van der Waals surface area contributed by atoms with Gasteiger partial charge >= 0.3 is 11.9 Å². The Balaban J connectivity index is 4.22. The number of esters is 2. The maximum atomic E-state index is 10.6. The van der Waals surface area contributed by atoms with Crippen LogP contribution in [0.3, 0.4) is 0 Å². The zero-order valence-electron chi connectivity index (χ0n) is 10.2. The van der Waals surface area contributed by atoms with Gasteiger partial charge in [-0.2, -0.15) is 0 Å². The Morgan fingerprint density at radius 1 is 1.00 bits per heavy atom. The Kier molecular flexibility index (Phi) is 7.02. The Morgan fingerprint density at radius 3 is 1.75 bits per heavy atom. The van der Waals surface area contributed by atoms with Gasteiger partial charge in [-0.05, 0) is 0 Å². The molecule has 4 heteroatoms. The Labute approximate surface area is 96.3 Å². The third kappa shape index (κ3) is 9.07. The summed E-state index contributed by atoms with van der Waals surface area (Å²) >= 11 is 0. The molecule has 0 saturated carbocycles. The van der Waals surface area contributed by atoms with E-state index < -0.39 is 0 Å². The summed E-state index contributed by atoms with van der Waals surface area (Å²) in [7, 11) is 0. The van der Waals surface area contributed by atoms with Crippen molar-refractivity contribution in [3.05, 3.63) is 0 Å². The van der Waals surface area contributed by atoms with E-state index in [1.807, 2.05) is 13.8 Å². The molecule has 0 fully saturated rings. The van der Waals surface area contributed by atoms with Gasteiger partial charge < -0.3 is 9.47 Å². The molecule has 0 aromatic heterocycles. The van der Waals surface area contributed by atoms with Crippen molar-refractivity contribution >= 4 is 11.9 Å². The van der Waals surface area contributed by atoms with E-state index in [0.29, 0.717) is 0 Å². The normalized spacial score (nSPS) is 9.62. The highest BCUT2D eigenvalue weighted by Crippen LogP contribution is 2.00. The van der Waals surface area contributed by atoms with E-state index in [2.05, 4.69) is 11.8 Å². The lowest BCUT2D eigenvalue weighted by Gasteiger charge is -2.10. The maximum Gasteiger partial charge on any atom is 0.302 e. The number of ether oxygens (including phenoxy) is 2. The van der Waals surface area contributed by atoms with Crippen LogP contribution in [0.4, 0.5) is 0 Å². The van der Waals surface area contributed by atoms with Crippen LogP contribution in [-0.2, 0) is 19.1 Å². The molecule has 0 aromatic carbocycles. The van der Waals surface area contributed by atoms with Crippen molar-refractivity contribution in [3.8, 4) is 11.8 Å². The maximum absolute atomic E-state index is 10.6. The first kappa shape index (κ1) is 14.5. The number of hydrogen-bond donors (Lipinski definition) is 0. The van der Waals surface area contributed by atoms with E-state index in [1.54, 1.807) is 0 Å². The molecule has 0 N–H and O–H groups in total. The molecule has 0 aromatic rings.